The van der Waals surface area contributed by atoms with E-state index in [1.807, 2.05) is 5.38 Å². The van der Waals surface area contributed by atoms with E-state index in [4.69, 9.17) is 4.74 Å². The molecule has 31 heavy (non-hydrogen) atoms. The Hall–Kier alpha value is -3.71. The fraction of sp³-hybridized carbons (Fsp3) is 0.125. The van der Waals surface area contributed by atoms with Gasteiger partial charge in [-0.3, -0.25) is 9.59 Å². The van der Waals surface area contributed by atoms with Crippen LogP contribution in [0.5, 0.6) is 5.75 Å². The van der Waals surface area contributed by atoms with Gasteiger partial charge >= 0.3 is 0 Å². The number of rotatable bonds is 10. The summed E-state index contributed by atoms with van der Waals surface area (Å²) >= 11 is 1.52. The fourth-order valence-corrected chi connectivity index (χ4v) is 3.35. The Morgan fingerprint density at radius 2 is 1.65 bits per heavy atom. The summed E-state index contributed by atoms with van der Waals surface area (Å²) in [6, 6.07) is 13.7. The molecule has 0 atom stereocenters. The van der Waals surface area contributed by atoms with Gasteiger partial charge in [-0.15, -0.1) is 24.5 Å². The normalized spacial score (nSPS) is 10.2. The quantitative estimate of drug-likeness (QED) is 0.467. The standard InChI is InChI=1S/C24H23N3O3S/c1-3-13-27(14-4-2)24(29)19-5-9-20(10-6-19)26-23(28)18-7-11-22(12-8-18)30-15-21-16-31-17-25-21/h3-12,16-17H,1-2,13-15H2,(H,26,28). The molecule has 0 unspecified atom stereocenters. The molecule has 158 valence electrons. The lowest BCUT2D eigenvalue weighted by Crippen LogP contribution is -2.31. The smallest absolute Gasteiger partial charge is 0.255 e. The first-order valence-electron chi connectivity index (χ1n) is 9.63. The second kappa shape index (κ2) is 10.9. The van der Waals surface area contributed by atoms with Gasteiger partial charge in [0, 0.05) is 35.3 Å². The van der Waals surface area contributed by atoms with Gasteiger partial charge in [0.05, 0.1) is 11.2 Å². The Balaban J connectivity index is 1.58. The second-order valence-corrected chi connectivity index (χ2v) is 7.33. The molecule has 3 rings (SSSR count). The zero-order valence-corrected chi connectivity index (χ0v) is 17.8. The largest absolute Gasteiger partial charge is 0.487 e. The molecule has 0 radical (unpaired) electrons. The lowest BCUT2D eigenvalue weighted by Gasteiger charge is -2.19. The molecule has 2 aromatic carbocycles. The number of nitrogens with zero attached hydrogens (tertiary/aromatic N) is 2. The zero-order valence-electron chi connectivity index (χ0n) is 17.0. The molecule has 6 nitrogen and oxygen atoms in total. The molecule has 7 heteroatoms. The fourth-order valence-electron chi connectivity index (χ4n) is 2.80. The summed E-state index contributed by atoms with van der Waals surface area (Å²) in [6.45, 7) is 8.61. The first-order chi connectivity index (χ1) is 15.1. The molecule has 3 aromatic rings. The molecule has 0 saturated carbocycles. The maximum atomic E-state index is 12.6. The van der Waals surface area contributed by atoms with Crippen molar-refractivity contribution in [1.29, 1.82) is 0 Å². The van der Waals surface area contributed by atoms with Crippen molar-refractivity contribution in [2.24, 2.45) is 0 Å². The van der Waals surface area contributed by atoms with Crippen LogP contribution in [-0.2, 0) is 6.61 Å². The molecule has 1 heterocycles. The highest BCUT2D eigenvalue weighted by atomic mass is 32.1. The van der Waals surface area contributed by atoms with Crippen molar-refractivity contribution in [1.82, 2.24) is 9.88 Å². The lowest BCUT2D eigenvalue weighted by atomic mass is 10.1. The minimum atomic E-state index is -0.245. The van der Waals surface area contributed by atoms with E-state index in [9.17, 15) is 9.59 Å². The number of carbonyl (C=O) groups is 2. The Bertz CT molecular complexity index is 1020. The first-order valence-corrected chi connectivity index (χ1v) is 10.6. The highest BCUT2D eigenvalue weighted by Crippen LogP contribution is 2.17. The third-order valence-corrected chi connectivity index (χ3v) is 5.00. The van der Waals surface area contributed by atoms with Crippen LogP contribution >= 0.6 is 11.3 Å². The SMILES string of the molecule is C=CCN(CC=C)C(=O)c1ccc(NC(=O)c2ccc(OCc3cscn3)cc2)cc1. The van der Waals surface area contributed by atoms with E-state index in [0.717, 1.165) is 5.69 Å². The molecule has 0 aliphatic rings. The topological polar surface area (TPSA) is 71.5 Å². The van der Waals surface area contributed by atoms with Gasteiger partial charge in [0.15, 0.2) is 0 Å². The minimum Gasteiger partial charge on any atom is -0.487 e. The maximum absolute atomic E-state index is 12.6. The Morgan fingerprint density at radius 3 is 2.23 bits per heavy atom. The van der Waals surface area contributed by atoms with Crippen molar-refractivity contribution < 1.29 is 14.3 Å². The molecule has 0 fully saturated rings. The van der Waals surface area contributed by atoms with Crippen LogP contribution in [0.2, 0.25) is 0 Å². The van der Waals surface area contributed by atoms with Crippen molar-refractivity contribution >= 4 is 28.8 Å². The lowest BCUT2D eigenvalue weighted by molar-refractivity contribution is 0.0790. The van der Waals surface area contributed by atoms with Crippen LogP contribution in [0.4, 0.5) is 5.69 Å². The Labute approximate surface area is 185 Å². The van der Waals surface area contributed by atoms with Crippen LogP contribution in [0.15, 0.2) is 84.7 Å². The number of aromatic nitrogens is 1. The average Bonchev–Trinajstić information content (AvgIpc) is 3.32. The van der Waals surface area contributed by atoms with Crippen LogP contribution in [0.1, 0.15) is 26.4 Å². The van der Waals surface area contributed by atoms with Gasteiger partial charge in [-0.05, 0) is 48.5 Å². The van der Waals surface area contributed by atoms with E-state index in [-0.39, 0.29) is 11.8 Å². The molecule has 0 saturated heterocycles. The van der Waals surface area contributed by atoms with Crippen molar-refractivity contribution in [3.8, 4) is 5.75 Å². The van der Waals surface area contributed by atoms with Crippen molar-refractivity contribution in [2.45, 2.75) is 6.61 Å². The van der Waals surface area contributed by atoms with Crippen LogP contribution in [0, 0.1) is 0 Å². The average molecular weight is 434 g/mol. The summed E-state index contributed by atoms with van der Waals surface area (Å²) in [4.78, 5) is 30.9. The molecule has 0 aliphatic carbocycles. The predicted molar refractivity (Wildman–Crippen MR) is 124 cm³/mol. The Kier molecular flexibility index (Phi) is 7.73. The highest BCUT2D eigenvalue weighted by molar-refractivity contribution is 7.07. The minimum absolute atomic E-state index is 0.120. The van der Waals surface area contributed by atoms with Crippen molar-refractivity contribution in [2.75, 3.05) is 18.4 Å². The van der Waals surface area contributed by atoms with Crippen LogP contribution in [0.25, 0.3) is 0 Å². The van der Waals surface area contributed by atoms with Gasteiger partial charge < -0.3 is 15.0 Å². The molecular weight excluding hydrogens is 410 g/mol. The van der Waals surface area contributed by atoms with Gasteiger partial charge in [-0.2, -0.15) is 0 Å². The van der Waals surface area contributed by atoms with Gasteiger partial charge in [0.2, 0.25) is 0 Å². The summed E-state index contributed by atoms with van der Waals surface area (Å²) in [5.41, 5.74) is 4.26. The van der Waals surface area contributed by atoms with E-state index < -0.39 is 0 Å². The van der Waals surface area contributed by atoms with Gasteiger partial charge in [-0.1, -0.05) is 12.2 Å². The van der Waals surface area contributed by atoms with E-state index in [0.29, 0.717) is 42.3 Å². The summed E-state index contributed by atoms with van der Waals surface area (Å²) in [6.07, 6.45) is 3.34. The van der Waals surface area contributed by atoms with E-state index >= 15 is 0 Å². The number of nitrogens with one attached hydrogen (secondary N) is 1. The number of hydrogen-bond donors (Lipinski definition) is 1. The molecule has 1 aromatic heterocycles. The maximum Gasteiger partial charge on any atom is 0.255 e. The van der Waals surface area contributed by atoms with E-state index in [2.05, 4.69) is 23.5 Å². The van der Waals surface area contributed by atoms with Gasteiger partial charge in [0.1, 0.15) is 12.4 Å². The van der Waals surface area contributed by atoms with Crippen molar-refractivity contribution in [3.05, 3.63) is 102 Å². The molecular formula is C24H23N3O3S. The number of ether oxygens (including phenoxy) is 1. The van der Waals surface area contributed by atoms with Gasteiger partial charge in [0.25, 0.3) is 11.8 Å². The van der Waals surface area contributed by atoms with Crippen molar-refractivity contribution in [3.63, 3.8) is 0 Å². The third-order valence-electron chi connectivity index (χ3n) is 4.36. The summed E-state index contributed by atoms with van der Waals surface area (Å²) < 4.78 is 5.66. The summed E-state index contributed by atoms with van der Waals surface area (Å²) in [5.74, 6) is 0.298. The van der Waals surface area contributed by atoms with E-state index in [1.54, 1.807) is 71.1 Å². The molecule has 0 bridgehead atoms. The zero-order chi connectivity index (χ0) is 22.1. The molecule has 1 N–H and O–H groups in total. The number of benzene rings is 2. The molecule has 0 aliphatic heterocycles. The third kappa shape index (κ3) is 6.13. The number of anilines is 1. The molecule has 2 amide bonds. The monoisotopic (exact) mass is 433 g/mol. The number of amides is 2. The number of hydrogen-bond acceptors (Lipinski definition) is 5. The summed E-state index contributed by atoms with van der Waals surface area (Å²) in [7, 11) is 0. The van der Waals surface area contributed by atoms with E-state index in [1.165, 1.54) is 11.3 Å². The number of carbonyl (C=O) groups excluding carboxylic acids is 2. The molecule has 0 spiro atoms. The second-order valence-electron chi connectivity index (χ2n) is 6.61. The summed E-state index contributed by atoms with van der Waals surface area (Å²) in [5, 5.41) is 4.76. The van der Waals surface area contributed by atoms with Crippen LogP contribution in [0.3, 0.4) is 0 Å². The van der Waals surface area contributed by atoms with Crippen LogP contribution < -0.4 is 10.1 Å². The van der Waals surface area contributed by atoms with Crippen LogP contribution in [-0.4, -0.2) is 34.8 Å². The highest BCUT2D eigenvalue weighted by Gasteiger charge is 2.13. The van der Waals surface area contributed by atoms with Gasteiger partial charge in [-0.25, -0.2) is 4.98 Å². The predicted octanol–water partition coefficient (Wildman–Crippen LogP) is 4.79. The number of thiazole rings is 1. The Morgan fingerprint density at radius 1 is 1.00 bits per heavy atom. The first kappa shape index (κ1) is 22.0.